The van der Waals surface area contributed by atoms with Crippen LogP contribution in [0.25, 0.3) is 0 Å². The van der Waals surface area contributed by atoms with Gasteiger partial charge in [-0.1, -0.05) is 33.6 Å². The van der Waals surface area contributed by atoms with Gasteiger partial charge in [0.15, 0.2) is 0 Å². The minimum Gasteiger partial charge on any atom is -0.376 e. The highest BCUT2D eigenvalue weighted by molar-refractivity contribution is 7.89. The Morgan fingerprint density at radius 1 is 1.12 bits per heavy atom. The minimum absolute atomic E-state index is 0.168. The summed E-state index contributed by atoms with van der Waals surface area (Å²) in [6, 6.07) is 4.96. The van der Waals surface area contributed by atoms with E-state index in [1.807, 2.05) is 13.8 Å². The van der Waals surface area contributed by atoms with Crippen molar-refractivity contribution in [2.45, 2.75) is 70.3 Å². The van der Waals surface area contributed by atoms with E-state index >= 15 is 0 Å². The molecule has 1 aromatic rings. The van der Waals surface area contributed by atoms with E-state index in [2.05, 4.69) is 17.1 Å². The minimum atomic E-state index is -3.63. The standard InChI is InChI=1S/C24H39N3O4S/c1-4-27(5-2)32(29,30)20-12-13-22(26-15-8-9-16-26)21(18-20)24(28)25-14-17-31-23-11-7-6-10-19(23)3/h12-13,18-19,23H,4-11,14-17H2,1-3H3,(H,25,28). The van der Waals surface area contributed by atoms with Crippen molar-refractivity contribution in [2.24, 2.45) is 5.92 Å². The number of rotatable bonds is 10. The van der Waals surface area contributed by atoms with Gasteiger partial charge in [-0.25, -0.2) is 8.42 Å². The highest BCUT2D eigenvalue weighted by atomic mass is 32.2. The van der Waals surface area contributed by atoms with Crippen LogP contribution in [0.15, 0.2) is 23.1 Å². The molecule has 1 aliphatic heterocycles. The quantitative estimate of drug-likeness (QED) is 0.534. The molecule has 1 saturated heterocycles. The zero-order chi connectivity index (χ0) is 23.1. The average Bonchev–Trinajstić information content (AvgIpc) is 3.32. The summed E-state index contributed by atoms with van der Waals surface area (Å²) >= 11 is 0. The molecular formula is C24H39N3O4S. The molecule has 8 heteroatoms. The third kappa shape index (κ3) is 5.83. The number of ether oxygens (including phenoxy) is 1. The summed E-state index contributed by atoms with van der Waals surface area (Å²) in [4.78, 5) is 15.5. The fraction of sp³-hybridized carbons (Fsp3) is 0.708. The third-order valence-corrected chi connectivity index (χ3v) is 8.80. The van der Waals surface area contributed by atoms with Crippen LogP contribution >= 0.6 is 0 Å². The second kappa shape index (κ2) is 11.5. The SMILES string of the molecule is CCN(CC)S(=O)(=O)c1ccc(N2CCCC2)c(C(=O)NCCOC2CCCCC2C)c1. The first-order valence-electron chi connectivity index (χ1n) is 12.2. The van der Waals surface area contributed by atoms with Gasteiger partial charge in [0.05, 0.1) is 23.2 Å². The van der Waals surface area contributed by atoms with Gasteiger partial charge in [-0.05, 0) is 49.8 Å². The molecule has 0 spiro atoms. The Bertz CT molecular complexity index is 864. The summed E-state index contributed by atoms with van der Waals surface area (Å²) in [5, 5.41) is 2.95. The maximum atomic E-state index is 13.1. The largest absolute Gasteiger partial charge is 0.376 e. The molecule has 2 unspecified atom stereocenters. The Morgan fingerprint density at radius 2 is 1.81 bits per heavy atom. The molecule has 1 heterocycles. The van der Waals surface area contributed by atoms with Crippen LogP contribution in [-0.2, 0) is 14.8 Å². The van der Waals surface area contributed by atoms with Gasteiger partial charge < -0.3 is 15.0 Å². The fourth-order valence-corrected chi connectivity index (χ4v) is 6.29. The van der Waals surface area contributed by atoms with Crippen molar-refractivity contribution in [3.63, 3.8) is 0 Å². The van der Waals surface area contributed by atoms with Crippen LogP contribution in [0.2, 0.25) is 0 Å². The van der Waals surface area contributed by atoms with E-state index in [0.717, 1.165) is 38.0 Å². The van der Waals surface area contributed by atoms with Crippen LogP contribution in [0.5, 0.6) is 0 Å². The average molecular weight is 466 g/mol. The lowest BCUT2D eigenvalue weighted by Gasteiger charge is -2.28. The van der Waals surface area contributed by atoms with E-state index in [1.165, 1.54) is 23.6 Å². The molecular weight excluding hydrogens is 426 g/mol. The van der Waals surface area contributed by atoms with Crippen molar-refractivity contribution in [3.05, 3.63) is 23.8 Å². The summed E-state index contributed by atoms with van der Waals surface area (Å²) in [5.74, 6) is 0.312. The van der Waals surface area contributed by atoms with Crippen LogP contribution in [-0.4, -0.2) is 64.1 Å². The van der Waals surface area contributed by atoms with Crippen molar-refractivity contribution in [1.82, 2.24) is 9.62 Å². The van der Waals surface area contributed by atoms with Crippen LogP contribution in [0.1, 0.15) is 69.7 Å². The first kappa shape index (κ1) is 25.0. The zero-order valence-electron chi connectivity index (χ0n) is 19.8. The van der Waals surface area contributed by atoms with Crippen LogP contribution < -0.4 is 10.2 Å². The molecule has 2 fully saturated rings. The fourth-order valence-electron chi connectivity index (χ4n) is 4.80. The van der Waals surface area contributed by atoms with Gasteiger partial charge in [-0.3, -0.25) is 4.79 Å². The van der Waals surface area contributed by atoms with Crippen molar-refractivity contribution in [2.75, 3.05) is 44.2 Å². The summed E-state index contributed by atoms with van der Waals surface area (Å²) < 4.78 is 33.5. The third-order valence-electron chi connectivity index (χ3n) is 6.75. The Hall–Kier alpha value is -1.64. The lowest BCUT2D eigenvalue weighted by atomic mass is 9.88. The van der Waals surface area contributed by atoms with Crippen molar-refractivity contribution < 1.29 is 17.9 Å². The first-order chi connectivity index (χ1) is 15.4. The van der Waals surface area contributed by atoms with E-state index in [1.54, 1.807) is 18.2 Å². The molecule has 0 radical (unpaired) electrons. The smallest absolute Gasteiger partial charge is 0.253 e. The van der Waals surface area contributed by atoms with E-state index in [-0.39, 0.29) is 16.9 Å². The van der Waals surface area contributed by atoms with Crippen molar-refractivity contribution in [1.29, 1.82) is 0 Å². The summed E-state index contributed by atoms with van der Waals surface area (Å²) in [6.07, 6.45) is 7.17. The molecule has 1 saturated carbocycles. The Kier molecular flexibility index (Phi) is 8.96. The number of amides is 1. The Labute approximate surface area is 193 Å². The number of anilines is 1. The topological polar surface area (TPSA) is 79.0 Å². The molecule has 1 aromatic carbocycles. The number of nitrogens with zero attached hydrogens (tertiary/aromatic N) is 2. The Balaban J connectivity index is 1.73. The predicted molar refractivity (Wildman–Crippen MR) is 128 cm³/mol. The predicted octanol–water partition coefficient (Wildman–Crippen LogP) is 3.64. The zero-order valence-corrected chi connectivity index (χ0v) is 20.6. The van der Waals surface area contributed by atoms with Crippen LogP contribution in [0.4, 0.5) is 5.69 Å². The van der Waals surface area contributed by atoms with Crippen LogP contribution in [0, 0.1) is 5.92 Å². The van der Waals surface area contributed by atoms with Crippen molar-refractivity contribution in [3.8, 4) is 0 Å². The van der Waals surface area contributed by atoms with E-state index in [0.29, 0.717) is 37.7 Å². The summed E-state index contributed by atoms with van der Waals surface area (Å²) in [7, 11) is -3.63. The number of hydrogen-bond acceptors (Lipinski definition) is 5. The van der Waals surface area contributed by atoms with Gasteiger partial charge in [0.25, 0.3) is 5.91 Å². The number of hydrogen-bond donors (Lipinski definition) is 1. The molecule has 0 bridgehead atoms. The first-order valence-corrected chi connectivity index (χ1v) is 13.6. The molecule has 3 rings (SSSR count). The van der Waals surface area contributed by atoms with Gasteiger partial charge in [-0.15, -0.1) is 0 Å². The van der Waals surface area contributed by atoms with Gasteiger partial charge in [0, 0.05) is 38.4 Å². The van der Waals surface area contributed by atoms with Gasteiger partial charge in [0.2, 0.25) is 10.0 Å². The number of nitrogens with one attached hydrogen (secondary N) is 1. The van der Waals surface area contributed by atoms with Gasteiger partial charge in [0.1, 0.15) is 0 Å². The highest BCUT2D eigenvalue weighted by Gasteiger charge is 2.26. The molecule has 180 valence electrons. The molecule has 32 heavy (non-hydrogen) atoms. The molecule has 2 aliphatic rings. The Morgan fingerprint density at radius 3 is 2.47 bits per heavy atom. The normalized spacial score (nSPS) is 21.8. The molecule has 7 nitrogen and oxygen atoms in total. The molecule has 2 atom stereocenters. The maximum Gasteiger partial charge on any atom is 0.253 e. The lowest BCUT2D eigenvalue weighted by molar-refractivity contribution is -0.00293. The summed E-state index contributed by atoms with van der Waals surface area (Å²) in [6.45, 7) is 9.30. The number of sulfonamides is 1. The molecule has 0 aromatic heterocycles. The van der Waals surface area contributed by atoms with Crippen LogP contribution in [0.3, 0.4) is 0 Å². The monoisotopic (exact) mass is 465 g/mol. The number of benzene rings is 1. The molecule has 1 N–H and O–H groups in total. The second-order valence-corrected chi connectivity index (χ2v) is 10.8. The highest BCUT2D eigenvalue weighted by Crippen LogP contribution is 2.29. The molecule has 1 amide bonds. The van der Waals surface area contributed by atoms with Crippen molar-refractivity contribution >= 4 is 21.6 Å². The van der Waals surface area contributed by atoms with E-state index in [9.17, 15) is 13.2 Å². The van der Waals surface area contributed by atoms with Gasteiger partial charge in [-0.2, -0.15) is 4.31 Å². The maximum absolute atomic E-state index is 13.1. The van der Waals surface area contributed by atoms with E-state index in [4.69, 9.17) is 4.74 Å². The number of carbonyl (C=O) groups is 1. The summed E-state index contributed by atoms with van der Waals surface area (Å²) in [5.41, 5.74) is 1.23. The molecule has 1 aliphatic carbocycles. The lowest BCUT2D eigenvalue weighted by Crippen LogP contribution is -2.33. The second-order valence-electron chi connectivity index (χ2n) is 8.89. The van der Waals surface area contributed by atoms with Gasteiger partial charge >= 0.3 is 0 Å². The number of carbonyl (C=O) groups excluding carboxylic acids is 1. The van der Waals surface area contributed by atoms with E-state index < -0.39 is 10.0 Å².